The van der Waals surface area contributed by atoms with Crippen molar-refractivity contribution in [2.75, 3.05) is 13.1 Å². The summed E-state index contributed by atoms with van der Waals surface area (Å²) in [5.74, 6) is 0.629. The Labute approximate surface area is 114 Å². The predicted molar refractivity (Wildman–Crippen MR) is 77.9 cm³/mol. The highest BCUT2D eigenvalue weighted by molar-refractivity contribution is 5.41. The van der Waals surface area contributed by atoms with Crippen LogP contribution in [0.2, 0.25) is 0 Å². The maximum Gasteiger partial charge on any atom is 0.0994 e. The smallest absolute Gasteiger partial charge is 0.0994 e. The number of hydrogen-bond acceptors (Lipinski definition) is 2. The zero-order valence-electron chi connectivity index (χ0n) is 11.7. The second-order valence-electron chi connectivity index (χ2n) is 5.56. The quantitative estimate of drug-likeness (QED) is 0.894. The summed E-state index contributed by atoms with van der Waals surface area (Å²) >= 11 is 0. The van der Waals surface area contributed by atoms with Gasteiger partial charge in [-0.25, -0.2) is 4.98 Å². The summed E-state index contributed by atoms with van der Waals surface area (Å²) in [6.45, 7) is 6.53. The molecule has 19 heavy (non-hydrogen) atoms. The molecule has 100 valence electrons. The van der Waals surface area contributed by atoms with Crippen LogP contribution in [-0.4, -0.2) is 22.6 Å². The second kappa shape index (κ2) is 5.17. The Kier molecular flexibility index (Phi) is 3.38. The van der Waals surface area contributed by atoms with Crippen molar-refractivity contribution < 1.29 is 0 Å². The van der Waals surface area contributed by atoms with Crippen LogP contribution in [-0.2, 0) is 0 Å². The van der Waals surface area contributed by atoms with Crippen molar-refractivity contribution in [3.05, 3.63) is 47.5 Å². The average Bonchev–Trinajstić information content (AvgIpc) is 2.88. The maximum absolute atomic E-state index is 4.38. The van der Waals surface area contributed by atoms with Gasteiger partial charge >= 0.3 is 0 Å². The lowest BCUT2D eigenvalue weighted by Crippen LogP contribution is -2.27. The number of nitrogens with zero attached hydrogens (tertiary/aromatic N) is 2. The first kappa shape index (κ1) is 12.4. The van der Waals surface area contributed by atoms with E-state index >= 15 is 0 Å². The number of hydrogen-bond donors (Lipinski definition) is 1. The van der Waals surface area contributed by atoms with E-state index in [1.807, 2.05) is 12.5 Å². The Hall–Kier alpha value is -1.61. The van der Waals surface area contributed by atoms with Gasteiger partial charge in [-0.1, -0.05) is 6.07 Å². The molecule has 0 bridgehead atoms. The van der Waals surface area contributed by atoms with E-state index in [0.29, 0.717) is 5.92 Å². The number of nitrogens with one attached hydrogen (secondary N) is 1. The molecule has 1 aromatic carbocycles. The molecule has 0 radical (unpaired) electrons. The minimum absolute atomic E-state index is 0.629. The summed E-state index contributed by atoms with van der Waals surface area (Å²) in [7, 11) is 0. The fourth-order valence-electron chi connectivity index (χ4n) is 3.03. The lowest BCUT2D eigenvalue weighted by molar-refractivity contribution is 0.449. The number of imidazole rings is 1. The van der Waals surface area contributed by atoms with Crippen molar-refractivity contribution in [1.29, 1.82) is 0 Å². The summed E-state index contributed by atoms with van der Waals surface area (Å²) in [6, 6.07) is 6.68. The average molecular weight is 255 g/mol. The third-order valence-corrected chi connectivity index (χ3v) is 3.91. The molecule has 0 aliphatic carbocycles. The minimum Gasteiger partial charge on any atom is -0.317 e. The van der Waals surface area contributed by atoms with Gasteiger partial charge in [-0.15, -0.1) is 0 Å². The first-order valence-corrected chi connectivity index (χ1v) is 7.05. The van der Waals surface area contributed by atoms with Gasteiger partial charge in [0, 0.05) is 23.5 Å². The Morgan fingerprint density at radius 2 is 1.79 bits per heavy atom. The van der Waals surface area contributed by atoms with Crippen molar-refractivity contribution >= 4 is 0 Å². The van der Waals surface area contributed by atoms with Crippen LogP contribution in [0.15, 0.2) is 30.7 Å². The van der Waals surface area contributed by atoms with Crippen molar-refractivity contribution in [2.24, 2.45) is 0 Å². The SMILES string of the molecule is Cc1cc(C)cc(-n2cncc2C2CCNCC2)c1. The molecule has 3 nitrogen and oxygen atoms in total. The van der Waals surface area contributed by atoms with Crippen molar-refractivity contribution in [3.63, 3.8) is 0 Å². The predicted octanol–water partition coefficient (Wildman–Crippen LogP) is 2.96. The normalized spacial score (nSPS) is 16.7. The molecule has 0 atom stereocenters. The summed E-state index contributed by atoms with van der Waals surface area (Å²) in [5.41, 5.74) is 5.20. The topological polar surface area (TPSA) is 29.9 Å². The van der Waals surface area contributed by atoms with Crippen LogP contribution in [0, 0.1) is 13.8 Å². The molecule has 1 N–H and O–H groups in total. The highest BCUT2D eigenvalue weighted by Gasteiger charge is 2.19. The van der Waals surface area contributed by atoms with E-state index in [1.165, 1.54) is 35.3 Å². The van der Waals surface area contributed by atoms with Crippen molar-refractivity contribution in [1.82, 2.24) is 14.9 Å². The van der Waals surface area contributed by atoms with Crippen LogP contribution in [0.25, 0.3) is 5.69 Å². The number of aryl methyl sites for hydroxylation is 2. The van der Waals surface area contributed by atoms with Gasteiger partial charge in [-0.2, -0.15) is 0 Å². The Morgan fingerprint density at radius 3 is 2.47 bits per heavy atom. The summed E-state index contributed by atoms with van der Waals surface area (Å²) in [4.78, 5) is 4.38. The van der Waals surface area contributed by atoms with E-state index in [1.54, 1.807) is 0 Å². The summed E-state index contributed by atoms with van der Waals surface area (Å²) in [6.07, 6.45) is 6.40. The van der Waals surface area contributed by atoms with Crippen LogP contribution >= 0.6 is 0 Å². The van der Waals surface area contributed by atoms with Crippen molar-refractivity contribution in [3.8, 4) is 5.69 Å². The van der Waals surface area contributed by atoms with Gasteiger partial charge in [0.2, 0.25) is 0 Å². The zero-order chi connectivity index (χ0) is 13.2. The highest BCUT2D eigenvalue weighted by atomic mass is 15.1. The molecular weight excluding hydrogens is 234 g/mol. The first-order valence-electron chi connectivity index (χ1n) is 7.05. The molecule has 0 saturated carbocycles. The lowest BCUT2D eigenvalue weighted by Gasteiger charge is -2.23. The molecule has 1 saturated heterocycles. The Bertz CT molecular complexity index is 545. The zero-order valence-corrected chi connectivity index (χ0v) is 11.7. The summed E-state index contributed by atoms with van der Waals surface area (Å²) in [5, 5.41) is 3.42. The molecule has 3 heteroatoms. The number of piperidine rings is 1. The van der Waals surface area contributed by atoms with E-state index in [4.69, 9.17) is 0 Å². The summed E-state index contributed by atoms with van der Waals surface area (Å²) < 4.78 is 2.26. The van der Waals surface area contributed by atoms with E-state index in [-0.39, 0.29) is 0 Å². The fraction of sp³-hybridized carbons (Fsp3) is 0.438. The van der Waals surface area contributed by atoms with Gasteiger partial charge < -0.3 is 9.88 Å². The molecule has 1 aliphatic rings. The van der Waals surface area contributed by atoms with E-state index in [0.717, 1.165) is 13.1 Å². The van der Waals surface area contributed by atoms with E-state index in [9.17, 15) is 0 Å². The fourth-order valence-corrected chi connectivity index (χ4v) is 3.03. The van der Waals surface area contributed by atoms with Crippen LogP contribution < -0.4 is 5.32 Å². The molecule has 0 spiro atoms. The van der Waals surface area contributed by atoms with Crippen molar-refractivity contribution in [2.45, 2.75) is 32.6 Å². The second-order valence-corrected chi connectivity index (χ2v) is 5.56. The number of rotatable bonds is 2. The van der Waals surface area contributed by atoms with Gasteiger partial charge in [-0.3, -0.25) is 0 Å². The molecule has 1 fully saturated rings. The van der Waals surface area contributed by atoms with Crippen LogP contribution in [0.3, 0.4) is 0 Å². The minimum atomic E-state index is 0.629. The largest absolute Gasteiger partial charge is 0.317 e. The lowest BCUT2D eigenvalue weighted by atomic mass is 9.95. The van der Waals surface area contributed by atoms with Crippen LogP contribution in [0.5, 0.6) is 0 Å². The molecule has 0 amide bonds. The third kappa shape index (κ3) is 2.56. The number of benzene rings is 1. The van der Waals surface area contributed by atoms with E-state index < -0.39 is 0 Å². The molecule has 3 rings (SSSR count). The van der Waals surface area contributed by atoms with Gasteiger partial charge in [0.1, 0.15) is 0 Å². The molecule has 0 unspecified atom stereocenters. The van der Waals surface area contributed by atoms with Gasteiger partial charge in [0.25, 0.3) is 0 Å². The van der Waals surface area contributed by atoms with Gasteiger partial charge in [0.15, 0.2) is 0 Å². The molecule has 2 aromatic rings. The monoisotopic (exact) mass is 255 g/mol. The van der Waals surface area contributed by atoms with Gasteiger partial charge in [-0.05, 0) is 63.0 Å². The molecular formula is C16H21N3. The standard InChI is InChI=1S/C16H21N3/c1-12-7-13(2)9-15(8-12)19-11-18-10-16(19)14-3-5-17-6-4-14/h7-11,14,17H,3-6H2,1-2H3. The Balaban J connectivity index is 1.98. The maximum atomic E-state index is 4.38. The highest BCUT2D eigenvalue weighted by Crippen LogP contribution is 2.27. The van der Waals surface area contributed by atoms with Gasteiger partial charge in [0.05, 0.1) is 6.33 Å². The van der Waals surface area contributed by atoms with E-state index in [2.05, 4.69) is 46.9 Å². The Morgan fingerprint density at radius 1 is 1.11 bits per heavy atom. The third-order valence-electron chi connectivity index (χ3n) is 3.91. The molecule has 2 heterocycles. The van der Waals surface area contributed by atoms with Crippen LogP contribution in [0.4, 0.5) is 0 Å². The molecule has 1 aliphatic heterocycles. The number of aromatic nitrogens is 2. The first-order chi connectivity index (χ1) is 9.24. The van der Waals surface area contributed by atoms with Crippen LogP contribution in [0.1, 0.15) is 35.6 Å². The molecule has 1 aromatic heterocycles.